The number of amides is 2. The van der Waals surface area contributed by atoms with Crippen molar-refractivity contribution in [1.82, 2.24) is 4.90 Å². The number of hydrogen-bond acceptors (Lipinski definition) is 4. The molecule has 0 saturated carbocycles. The molecule has 1 heterocycles. The number of ether oxygens (including phenoxy) is 2. The minimum absolute atomic E-state index is 0.0862. The predicted octanol–water partition coefficient (Wildman–Crippen LogP) is 4.04. The van der Waals surface area contributed by atoms with Crippen LogP contribution in [0.4, 0.5) is 10.5 Å². The third-order valence-corrected chi connectivity index (χ3v) is 4.98. The van der Waals surface area contributed by atoms with Crippen LogP contribution in [0.3, 0.4) is 0 Å². The summed E-state index contributed by atoms with van der Waals surface area (Å²) < 4.78 is 9.84. The van der Waals surface area contributed by atoms with Crippen LogP contribution in [0.2, 0.25) is 0 Å². The molecule has 1 atom stereocenters. The molecular weight excluding hydrogens is 356 g/mol. The topological polar surface area (TPSA) is 67.9 Å². The Kier molecular flexibility index (Phi) is 6.89. The Morgan fingerprint density at radius 3 is 2.50 bits per heavy atom. The van der Waals surface area contributed by atoms with Gasteiger partial charge in [0.1, 0.15) is 5.75 Å². The number of hydrogen-bond donors (Lipinski definition) is 1. The highest BCUT2D eigenvalue weighted by Gasteiger charge is 2.21. The number of nitrogens with one attached hydrogen (secondary N) is 1. The van der Waals surface area contributed by atoms with Crippen molar-refractivity contribution in [1.29, 1.82) is 0 Å². The lowest BCUT2D eigenvalue weighted by molar-refractivity contribution is -0.142. The molecule has 1 aliphatic heterocycles. The van der Waals surface area contributed by atoms with Gasteiger partial charge >= 0.3 is 12.0 Å². The normalized spacial score (nSPS) is 16.8. The van der Waals surface area contributed by atoms with E-state index in [1.54, 1.807) is 24.3 Å². The predicted molar refractivity (Wildman–Crippen MR) is 108 cm³/mol. The standard InChI is InChI=1S/C22H26N2O4/c1-27-21(25)16-28-20-11-9-19(10-12-20)23-22(26)24-14-5-8-18(13-15-24)17-6-3-2-4-7-17/h2-4,6-7,9-12,18H,5,8,13-16H2,1H3,(H,23,26)/t18-/m1/s1. The van der Waals surface area contributed by atoms with Crippen LogP contribution in [-0.4, -0.2) is 43.7 Å². The van der Waals surface area contributed by atoms with Gasteiger partial charge in [-0.05, 0) is 55.0 Å². The molecule has 0 radical (unpaired) electrons. The summed E-state index contributed by atoms with van der Waals surface area (Å²) in [6.45, 7) is 1.36. The molecule has 2 aromatic carbocycles. The first-order chi connectivity index (χ1) is 13.7. The van der Waals surface area contributed by atoms with Crippen LogP contribution >= 0.6 is 0 Å². The summed E-state index contributed by atoms with van der Waals surface area (Å²) in [5.74, 6) is 0.612. The van der Waals surface area contributed by atoms with E-state index in [0.717, 1.165) is 32.4 Å². The molecule has 0 aliphatic carbocycles. The van der Waals surface area contributed by atoms with Crippen LogP contribution in [0.1, 0.15) is 30.7 Å². The summed E-state index contributed by atoms with van der Waals surface area (Å²) in [5, 5.41) is 2.94. The quantitative estimate of drug-likeness (QED) is 0.793. The van der Waals surface area contributed by atoms with Gasteiger partial charge in [0.05, 0.1) is 7.11 Å². The van der Waals surface area contributed by atoms with Gasteiger partial charge in [0.15, 0.2) is 6.61 Å². The van der Waals surface area contributed by atoms with Gasteiger partial charge in [-0.15, -0.1) is 0 Å². The molecule has 6 nitrogen and oxygen atoms in total. The minimum Gasteiger partial charge on any atom is -0.482 e. The van der Waals surface area contributed by atoms with Crippen LogP contribution in [0.15, 0.2) is 54.6 Å². The average molecular weight is 382 g/mol. The zero-order chi connectivity index (χ0) is 19.8. The van der Waals surface area contributed by atoms with E-state index in [2.05, 4.69) is 34.3 Å². The van der Waals surface area contributed by atoms with Gasteiger partial charge in [0.2, 0.25) is 0 Å². The molecule has 28 heavy (non-hydrogen) atoms. The number of likely N-dealkylation sites (tertiary alicyclic amines) is 1. The fraction of sp³-hybridized carbons (Fsp3) is 0.364. The van der Waals surface area contributed by atoms with E-state index in [0.29, 0.717) is 17.4 Å². The monoisotopic (exact) mass is 382 g/mol. The summed E-state index contributed by atoms with van der Waals surface area (Å²) in [4.78, 5) is 25.6. The maximum absolute atomic E-state index is 12.6. The fourth-order valence-electron chi connectivity index (χ4n) is 3.40. The number of anilines is 1. The molecule has 6 heteroatoms. The molecule has 1 saturated heterocycles. The van der Waals surface area contributed by atoms with Crippen molar-refractivity contribution in [3.05, 3.63) is 60.2 Å². The molecular formula is C22H26N2O4. The molecule has 2 aromatic rings. The van der Waals surface area contributed by atoms with E-state index in [4.69, 9.17) is 4.74 Å². The van der Waals surface area contributed by atoms with Crippen LogP contribution in [0.25, 0.3) is 0 Å². The number of methoxy groups -OCH3 is 1. The number of benzene rings is 2. The van der Waals surface area contributed by atoms with Crippen molar-refractivity contribution < 1.29 is 19.1 Å². The molecule has 2 amide bonds. The van der Waals surface area contributed by atoms with Gasteiger partial charge < -0.3 is 19.7 Å². The minimum atomic E-state index is -0.438. The van der Waals surface area contributed by atoms with E-state index in [1.165, 1.54) is 12.7 Å². The zero-order valence-electron chi connectivity index (χ0n) is 16.1. The lowest BCUT2D eigenvalue weighted by Gasteiger charge is -2.21. The number of esters is 1. The average Bonchev–Trinajstić information content (AvgIpc) is 3.00. The second-order valence-electron chi connectivity index (χ2n) is 6.84. The molecule has 1 N–H and O–H groups in total. The van der Waals surface area contributed by atoms with Gasteiger partial charge in [-0.2, -0.15) is 0 Å². The number of urea groups is 1. The first-order valence-electron chi connectivity index (χ1n) is 9.56. The van der Waals surface area contributed by atoms with Gasteiger partial charge in [-0.3, -0.25) is 0 Å². The van der Waals surface area contributed by atoms with Crippen LogP contribution in [-0.2, 0) is 9.53 Å². The number of carbonyl (C=O) groups is 2. The Labute approximate surface area is 165 Å². The third kappa shape index (κ3) is 5.49. The summed E-state index contributed by atoms with van der Waals surface area (Å²) in [6.07, 6.45) is 3.06. The molecule has 148 valence electrons. The van der Waals surface area contributed by atoms with Crippen molar-refractivity contribution in [2.75, 3.05) is 32.1 Å². The van der Waals surface area contributed by atoms with Crippen molar-refractivity contribution in [3.8, 4) is 5.75 Å². The van der Waals surface area contributed by atoms with Gasteiger partial charge in [-0.25, -0.2) is 9.59 Å². The van der Waals surface area contributed by atoms with Crippen LogP contribution in [0, 0.1) is 0 Å². The highest BCUT2D eigenvalue weighted by Crippen LogP contribution is 2.28. The van der Waals surface area contributed by atoms with Gasteiger partial charge in [-0.1, -0.05) is 30.3 Å². The first-order valence-corrected chi connectivity index (χ1v) is 9.56. The Morgan fingerprint density at radius 1 is 1.04 bits per heavy atom. The van der Waals surface area contributed by atoms with Crippen LogP contribution in [0.5, 0.6) is 5.75 Å². The smallest absolute Gasteiger partial charge is 0.343 e. The second-order valence-corrected chi connectivity index (χ2v) is 6.84. The van der Waals surface area contributed by atoms with E-state index >= 15 is 0 Å². The van der Waals surface area contributed by atoms with Crippen molar-refractivity contribution in [2.45, 2.75) is 25.2 Å². The molecule has 0 aromatic heterocycles. The summed E-state index contributed by atoms with van der Waals surface area (Å²) in [7, 11) is 1.31. The second kappa shape index (κ2) is 9.78. The molecule has 0 spiro atoms. The first kappa shape index (κ1) is 19.7. The molecule has 0 unspecified atom stereocenters. The number of nitrogens with zero attached hydrogens (tertiary/aromatic N) is 1. The maximum Gasteiger partial charge on any atom is 0.343 e. The third-order valence-electron chi connectivity index (χ3n) is 4.98. The Balaban J connectivity index is 1.51. The van der Waals surface area contributed by atoms with Crippen molar-refractivity contribution in [2.24, 2.45) is 0 Å². The van der Waals surface area contributed by atoms with E-state index in [9.17, 15) is 9.59 Å². The zero-order valence-corrected chi connectivity index (χ0v) is 16.1. The lowest BCUT2D eigenvalue weighted by Crippen LogP contribution is -2.35. The summed E-state index contributed by atoms with van der Waals surface area (Å²) in [5.41, 5.74) is 2.05. The van der Waals surface area contributed by atoms with Gasteiger partial charge in [0, 0.05) is 18.8 Å². The highest BCUT2D eigenvalue weighted by atomic mass is 16.6. The van der Waals surface area contributed by atoms with E-state index < -0.39 is 5.97 Å². The molecule has 3 rings (SSSR count). The van der Waals surface area contributed by atoms with Gasteiger partial charge in [0.25, 0.3) is 0 Å². The van der Waals surface area contributed by atoms with Crippen molar-refractivity contribution in [3.63, 3.8) is 0 Å². The van der Waals surface area contributed by atoms with E-state index in [1.807, 2.05) is 11.0 Å². The Morgan fingerprint density at radius 2 is 1.79 bits per heavy atom. The largest absolute Gasteiger partial charge is 0.482 e. The van der Waals surface area contributed by atoms with Crippen LogP contribution < -0.4 is 10.1 Å². The lowest BCUT2D eigenvalue weighted by atomic mass is 9.92. The van der Waals surface area contributed by atoms with E-state index in [-0.39, 0.29) is 12.6 Å². The Bertz CT molecular complexity index is 777. The fourth-order valence-corrected chi connectivity index (χ4v) is 3.40. The number of rotatable bonds is 5. The molecule has 0 bridgehead atoms. The Hall–Kier alpha value is -3.02. The number of carbonyl (C=O) groups excluding carboxylic acids is 2. The molecule has 1 fully saturated rings. The molecule has 1 aliphatic rings. The SMILES string of the molecule is COC(=O)COc1ccc(NC(=O)N2CCC[C@@H](c3ccccc3)CC2)cc1. The maximum atomic E-state index is 12.6. The highest BCUT2D eigenvalue weighted by molar-refractivity contribution is 5.89. The summed E-state index contributed by atoms with van der Waals surface area (Å²) in [6, 6.07) is 17.4. The summed E-state index contributed by atoms with van der Waals surface area (Å²) >= 11 is 0. The van der Waals surface area contributed by atoms with Crippen molar-refractivity contribution >= 4 is 17.7 Å².